The molecule has 7 rings (SSSR count). The molecule has 6 fully saturated rings. The number of nitrogens with one attached hydrogen (secondary N) is 3. The van der Waals surface area contributed by atoms with Gasteiger partial charge in [-0.1, -0.05) is 72.5 Å². The minimum atomic E-state index is -4.57. The van der Waals surface area contributed by atoms with Crippen LogP contribution in [-0.2, 0) is 62.3 Å². The van der Waals surface area contributed by atoms with Crippen LogP contribution in [0.15, 0.2) is 12.2 Å². The Kier molecular flexibility index (Phi) is 30.7. The molecule has 1 spiro atoms. The molecular weight excluding hydrogens is 1440 g/mol. The summed E-state index contributed by atoms with van der Waals surface area (Å²) < 4.78 is 91.0. The van der Waals surface area contributed by atoms with Crippen molar-refractivity contribution in [2.24, 2.45) is 40.9 Å². The molecule has 25 nitrogen and oxygen atoms in total. The van der Waals surface area contributed by atoms with E-state index in [1.807, 2.05) is 13.8 Å². The van der Waals surface area contributed by atoms with Gasteiger partial charge in [0.2, 0.25) is 70.9 Å². The number of rotatable bonds is 13. The maximum Gasteiger partial charge on any atom is 0.393 e. The second kappa shape index (κ2) is 37.5. The van der Waals surface area contributed by atoms with Gasteiger partial charge in [-0.05, 0) is 145 Å². The van der Waals surface area contributed by atoms with Gasteiger partial charge in [0.1, 0.15) is 53.9 Å². The van der Waals surface area contributed by atoms with E-state index in [0.717, 1.165) is 19.6 Å². The number of fused-ring (bicyclic) bond motifs is 3. The van der Waals surface area contributed by atoms with Crippen LogP contribution >= 0.6 is 11.6 Å². The summed E-state index contributed by atoms with van der Waals surface area (Å²) in [6, 6.07) is -10.9. The summed E-state index contributed by atoms with van der Waals surface area (Å²) in [5, 5.41) is 7.37. The number of hydrogen-bond donors (Lipinski definition) is 3. The van der Waals surface area contributed by atoms with E-state index < -0.39 is 209 Å². The first-order valence-electron chi connectivity index (χ1n) is 38.8. The number of halogens is 7. The van der Waals surface area contributed by atoms with E-state index in [-0.39, 0.29) is 122 Å². The molecule has 2 saturated heterocycles. The summed E-state index contributed by atoms with van der Waals surface area (Å²) in [6.45, 7) is 9.22. The number of alkyl halides is 7. The lowest BCUT2D eigenvalue weighted by molar-refractivity contribution is -0.184. The second-order valence-electron chi connectivity index (χ2n) is 32.9. The fourth-order valence-corrected chi connectivity index (χ4v) is 18.3. The monoisotopic (exact) mass is 1560 g/mol. The number of ether oxygens (including phenoxy) is 1. The summed E-state index contributed by atoms with van der Waals surface area (Å²) in [4.78, 5) is 192. The Bertz CT molecular complexity index is 3250. The van der Waals surface area contributed by atoms with Gasteiger partial charge >= 0.3 is 12.4 Å². The smallest absolute Gasteiger partial charge is 0.377 e. The van der Waals surface area contributed by atoms with Crippen molar-refractivity contribution in [1.29, 1.82) is 0 Å². The highest BCUT2D eigenvalue weighted by Gasteiger charge is 2.60. The van der Waals surface area contributed by atoms with E-state index in [9.17, 15) is 55.1 Å². The lowest BCUT2D eigenvalue weighted by atomic mass is 9.58. The van der Waals surface area contributed by atoms with Gasteiger partial charge in [0.05, 0.1) is 37.5 Å². The van der Waals surface area contributed by atoms with Gasteiger partial charge in [-0.3, -0.25) is 57.5 Å². The van der Waals surface area contributed by atoms with Crippen LogP contribution in [-0.4, -0.2) is 282 Å². The third kappa shape index (κ3) is 21.5. The molecule has 3 N–H and O–H groups in total. The van der Waals surface area contributed by atoms with Gasteiger partial charge in [-0.25, -0.2) is 0 Å². The topological polar surface area (TPSA) is 279 Å². The van der Waals surface area contributed by atoms with E-state index in [2.05, 4.69) is 16.0 Å². The van der Waals surface area contributed by atoms with E-state index >= 15 is 28.8 Å². The van der Waals surface area contributed by atoms with Crippen LogP contribution in [0.5, 0.6) is 0 Å². The van der Waals surface area contributed by atoms with Crippen molar-refractivity contribution < 1.29 is 88.6 Å². The largest absolute Gasteiger partial charge is 0.393 e. The molecule has 0 radical (unpaired) electrons. The zero-order chi connectivity index (χ0) is 80.4. The van der Waals surface area contributed by atoms with Gasteiger partial charge in [0.15, 0.2) is 0 Å². The summed E-state index contributed by atoms with van der Waals surface area (Å²) in [5.41, 5.74) is -2.26. The number of carbonyl (C=O) groups is 12. The highest BCUT2D eigenvalue weighted by molar-refractivity contribution is 6.21. The molecule has 3 heterocycles. The molecule has 2 bridgehead atoms. The van der Waals surface area contributed by atoms with Crippen LogP contribution in [0.4, 0.5) is 26.3 Å². The SMILES string of the molecule is CCC[C@H]1C(=O)N[C@@H]([C@@H](C)CC)C(=O)N(C)CC(=O)N(C)[C@H]2C/C=C\CCN(C2=O)[C@@H](CC2CCC(C(F)(F)F)CC2)C(=O)N(C)CC(=O)N[C@@H](CCC2CCC(C(F)(F)F)C(Cl)C2)C(=O)N2C[C@H](OCC)C[C@H]2C(=O)NC2(CC(C)(C)C2)C(=O)N(C)[C@@H](C2CCCC2)C(=O)N(C)[C@H](C(=O)N(C)C)CC(=O)N1C. The fourth-order valence-electron chi connectivity index (χ4n) is 17.8. The molecule has 13 atom stereocenters. The lowest BCUT2D eigenvalue weighted by Gasteiger charge is -2.54. The Labute approximate surface area is 637 Å². The van der Waals surface area contributed by atoms with Crippen LogP contribution in [0.3, 0.4) is 0 Å². The molecule has 0 aromatic carbocycles. The Morgan fingerprint density at radius 2 is 1.29 bits per heavy atom. The molecule has 0 aromatic rings. The molecule has 108 heavy (non-hydrogen) atoms. The summed E-state index contributed by atoms with van der Waals surface area (Å²) >= 11 is 6.44. The molecule has 3 aliphatic heterocycles. The highest BCUT2D eigenvalue weighted by Crippen LogP contribution is 2.50. The Hall–Kier alpha value is -6.79. The van der Waals surface area contributed by atoms with Crippen LogP contribution in [0.2, 0.25) is 0 Å². The first-order valence-corrected chi connectivity index (χ1v) is 39.3. The summed E-state index contributed by atoms with van der Waals surface area (Å²) in [7, 11) is 11.1. The molecule has 4 saturated carbocycles. The number of likely N-dealkylation sites (N-methyl/N-ethyl adjacent to an activating group) is 7. The molecule has 3 unspecified atom stereocenters. The predicted molar refractivity (Wildman–Crippen MR) is 390 cm³/mol. The van der Waals surface area contributed by atoms with Crippen molar-refractivity contribution in [3.8, 4) is 0 Å². The van der Waals surface area contributed by atoms with Crippen molar-refractivity contribution in [3.63, 3.8) is 0 Å². The van der Waals surface area contributed by atoms with E-state index in [0.29, 0.717) is 38.5 Å². The maximum absolute atomic E-state index is 15.8. The maximum atomic E-state index is 15.8. The van der Waals surface area contributed by atoms with Crippen molar-refractivity contribution in [3.05, 3.63) is 12.2 Å². The van der Waals surface area contributed by atoms with E-state index in [1.165, 1.54) is 80.9 Å². The number of carbonyl (C=O) groups excluding carboxylic acids is 12. The Balaban J connectivity index is 1.33. The van der Waals surface area contributed by atoms with Gasteiger partial charge < -0.3 is 64.8 Å². The van der Waals surface area contributed by atoms with Crippen LogP contribution in [0.1, 0.15) is 189 Å². The second-order valence-corrected chi connectivity index (χ2v) is 33.4. The molecule has 0 aromatic heterocycles. The Morgan fingerprint density at radius 3 is 1.86 bits per heavy atom. The van der Waals surface area contributed by atoms with Crippen molar-refractivity contribution >= 4 is 82.5 Å². The van der Waals surface area contributed by atoms with Gasteiger partial charge in [0, 0.05) is 87.9 Å². The molecule has 12 amide bonds. The first-order chi connectivity index (χ1) is 50.5. The summed E-state index contributed by atoms with van der Waals surface area (Å²) in [6.07, 6.45) is -4.71. The molecule has 610 valence electrons. The first kappa shape index (κ1) is 88.4. The average Bonchev–Trinajstić information content (AvgIpc) is 0.917. The summed E-state index contributed by atoms with van der Waals surface area (Å²) in [5.74, 6) is -14.3. The number of nitrogens with zero attached hydrogens (tertiary/aromatic N) is 9. The zero-order valence-electron chi connectivity index (χ0n) is 65.7. The van der Waals surface area contributed by atoms with Crippen molar-refractivity contribution in [1.82, 2.24) is 60.0 Å². The lowest BCUT2D eigenvalue weighted by Crippen LogP contribution is -2.71. The standard InChI is InChI=1S/C76H119ClF6N12O13/c1-15-23-54-64(99)85-62(45(4)16-2)70(105)89(10)42-61(98)91(12)55-26-19-18-22-35-94(69(55)104)58(37-47-27-31-49(32-28-47)75(78,79)80)68(103)88(9)41-59(96)84-53(34-30-46-29-33-51(52(77)36-46)76(81,82)83)66(101)95-40-50(108-17-3)38-56(95)65(100)86-74(43-73(5,6)44-74)72(107)93(14)63(48-24-20-21-25-48)71(106)92(13)57(67(102)87(7)8)39-60(97)90(54)11/h18-19,45-58,62-63H,15-17,20-44H2,1-14H3,(H,84,96)(H,85,99)(H,86,100)/b19-18-/t45-,46?,47?,49?,50+,51?,52?,53-,54-,55-,56-,57-,58-,62-,63-/m0/s1. The number of amides is 12. The average molecular weight is 1560 g/mol. The zero-order valence-corrected chi connectivity index (χ0v) is 66.4. The predicted octanol–water partition coefficient (Wildman–Crippen LogP) is 7.06. The minimum absolute atomic E-state index is 0.0336. The van der Waals surface area contributed by atoms with E-state index in [4.69, 9.17) is 16.3 Å². The fraction of sp³-hybridized carbons (Fsp3) is 0.816. The normalized spacial score (nSPS) is 31.7. The third-order valence-corrected chi connectivity index (χ3v) is 24.6. The molecule has 32 heteroatoms. The molecule has 7 aliphatic rings. The van der Waals surface area contributed by atoms with Crippen LogP contribution in [0.25, 0.3) is 0 Å². The van der Waals surface area contributed by atoms with Gasteiger partial charge in [-0.15, -0.1) is 11.6 Å². The van der Waals surface area contributed by atoms with Crippen molar-refractivity contribution in [2.45, 2.75) is 267 Å². The van der Waals surface area contributed by atoms with Crippen molar-refractivity contribution in [2.75, 3.05) is 89.2 Å². The quantitative estimate of drug-likeness (QED) is 0.0947. The highest BCUT2D eigenvalue weighted by atomic mass is 35.5. The number of hydrogen-bond acceptors (Lipinski definition) is 13. The van der Waals surface area contributed by atoms with Crippen LogP contribution in [0, 0.1) is 40.9 Å². The molecular formula is C76H119ClF6N12O13. The molecule has 4 aliphatic carbocycles. The Morgan fingerprint density at radius 1 is 0.657 bits per heavy atom. The van der Waals surface area contributed by atoms with E-state index in [1.54, 1.807) is 39.8 Å². The third-order valence-electron chi connectivity index (χ3n) is 24.2. The van der Waals surface area contributed by atoms with Crippen LogP contribution < -0.4 is 16.0 Å². The van der Waals surface area contributed by atoms with Gasteiger partial charge in [-0.2, -0.15) is 26.3 Å². The van der Waals surface area contributed by atoms with Gasteiger partial charge in [0.25, 0.3) is 0 Å². The minimum Gasteiger partial charge on any atom is -0.377 e.